The fourth-order valence-electron chi connectivity index (χ4n) is 3.89. The Morgan fingerprint density at radius 2 is 1.68 bits per heavy atom. The number of nitrogens with zero attached hydrogens (tertiary/aromatic N) is 3. The zero-order valence-electron chi connectivity index (χ0n) is 17.2. The van der Waals surface area contributed by atoms with Crippen LogP contribution in [0.3, 0.4) is 0 Å². The number of carbonyl (C=O) groups is 2. The van der Waals surface area contributed by atoms with Crippen LogP contribution in [-0.2, 0) is 18.3 Å². The van der Waals surface area contributed by atoms with Crippen molar-refractivity contribution in [2.75, 3.05) is 32.8 Å². The van der Waals surface area contributed by atoms with Crippen LogP contribution in [0, 0.1) is 13.8 Å². The van der Waals surface area contributed by atoms with Crippen LogP contribution in [0.5, 0.6) is 0 Å². The molecule has 0 bridgehead atoms. The van der Waals surface area contributed by atoms with Gasteiger partial charge in [-0.2, -0.15) is 0 Å². The lowest BCUT2D eigenvalue weighted by atomic mass is 10.1. The van der Waals surface area contributed by atoms with Crippen LogP contribution in [-0.4, -0.2) is 59.0 Å². The molecule has 2 heterocycles. The number of hydrogen-bond acceptors (Lipinski definition) is 4. The van der Waals surface area contributed by atoms with Crippen molar-refractivity contribution < 1.29 is 14.3 Å². The first-order chi connectivity index (χ1) is 13.4. The molecule has 150 valence electrons. The molecule has 28 heavy (non-hydrogen) atoms. The number of esters is 1. The summed E-state index contributed by atoms with van der Waals surface area (Å²) in [5.74, 6) is -0.377. The van der Waals surface area contributed by atoms with E-state index in [-0.39, 0.29) is 11.9 Å². The lowest BCUT2D eigenvalue weighted by Gasteiger charge is -2.35. The highest BCUT2D eigenvalue weighted by Gasteiger charge is 2.30. The van der Waals surface area contributed by atoms with Gasteiger partial charge in [-0.05, 0) is 31.9 Å². The smallest absolute Gasteiger partial charge is 0.355 e. The summed E-state index contributed by atoms with van der Waals surface area (Å²) in [5.41, 5.74) is 3.89. The Kier molecular flexibility index (Phi) is 6.19. The molecule has 1 fully saturated rings. The summed E-state index contributed by atoms with van der Waals surface area (Å²) in [7, 11) is 1.81. The maximum Gasteiger partial charge on any atom is 0.355 e. The molecule has 1 aliphatic rings. The number of carbonyl (C=O) groups excluding carboxylic acids is 2. The SMILES string of the molecule is CCOC(=O)c1c(C)c(C(=O)N2CCN(Cc3ccccc3)CC2)c(C)n1C. The molecule has 3 rings (SSSR count). The predicted molar refractivity (Wildman–Crippen MR) is 108 cm³/mol. The Morgan fingerprint density at radius 1 is 1.04 bits per heavy atom. The van der Waals surface area contributed by atoms with E-state index in [0.717, 1.165) is 25.3 Å². The van der Waals surface area contributed by atoms with Gasteiger partial charge in [-0.15, -0.1) is 0 Å². The largest absolute Gasteiger partial charge is 0.461 e. The van der Waals surface area contributed by atoms with Gasteiger partial charge < -0.3 is 14.2 Å². The number of hydrogen-bond donors (Lipinski definition) is 0. The van der Waals surface area contributed by atoms with E-state index >= 15 is 0 Å². The summed E-state index contributed by atoms with van der Waals surface area (Å²) < 4.78 is 6.93. The van der Waals surface area contributed by atoms with Crippen molar-refractivity contribution in [1.82, 2.24) is 14.4 Å². The van der Waals surface area contributed by atoms with Crippen molar-refractivity contribution in [3.8, 4) is 0 Å². The molecule has 6 heteroatoms. The van der Waals surface area contributed by atoms with Crippen molar-refractivity contribution in [1.29, 1.82) is 0 Å². The van der Waals surface area contributed by atoms with E-state index in [9.17, 15) is 9.59 Å². The highest BCUT2D eigenvalue weighted by molar-refractivity contribution is 6.01. The van der Waals surface area contributed by atoms with Crippen LogP contribution in [0.1, 0.15) is 44.6 Å². The summed E-state index contributed by atoms with van der Waals surface area (Å²) in [4.78, 5) is 29.8. The van der Waals surface area contributed by atoms with Crippen LogP contribution in [0.4, 0.5) is 0 Å². The van der Waals surface area contributed by atoms with E-state index in [1.54, 1.807) is 11.5 Å². The average molecular weight is 383 g/mol. The molecule has 0 radical (unpaired) electrons. The molecule has 0 saturated carbocycles. The first kappa shape index (κ1) is 20.1. The van der Waals surface area contributed by atoms with E-state index in [0.29, 0.717) is 36.5 Å². The molecule has 1 aliphatic heterocycles. The number of benzene rings is 1. The van der Waals surface area contributed by atoms with Crippen LogP contribution in [0.2, 0.25) is 0 Å². The van der Waals surface area contributed by atoms with Gasteiger partial charge in [0.25, 0.3) is 5.91 Å². The summed E-state index contributed by atoms with van der Waals surface area (Å²) in [6.07, 6.45) is 0. The molecule has 0 atom stereocenters. The van der Waals surface area contributed by atoms with Crippen molar-refractivity contribution in [3.05, 3.63) is 58.4 Å². The molecular formula is C22H29N3O3. The normalized spacial score (nSPS) is 14.9. The molecule has 0 aliphatic carbocycles. The third kappa shape index (κ3) is 3.97. The second-order valence-corrected chi connectivity index (χ2v) is 7.27. The van der Waals surface area contributed by atoms with Crippen molar-refractivity contribution in [2.45, 2.75) is 27.3 Å². The average Bonchev–Trinajstić information content (AvgIpc) is 2.91. The van der Waals surface area contributed by atoms with E-state index in [1.165, 1.54) is 5.56 Å². The number of rotatable bonds is 5. The summed E-state index contributed by atoms with van der Waals surface area (Å²) in [6.45, 7) is 9.78. The van der Waals surface area contributed by atoms with Crippen LogP contribution in [0.25, 0.3) is 0 Å². The minimum atomic E-state index is -0.377. The van der Waals surface area contributed by atoms with Crippen LogP contribution < -0.4 is 0 Å². The molecule has 1 aromatic carbocycles. The van der Waals surface area contributed by atoms with Crippen LogP contribution in [0.15, 0.2) is 30.3 Å². The second kappa shape index (κ2) is 8.61. The zero-order chi connectivity index (χ0) is 20.3. The Hall–Kier alpha value is -2.60. The Balaban J connectivity index is 1.70. The number of piperazine rings is 1. The van der Waals surface area contributed by atoms with Crippen molar-refractivity contribution in [2.24, 2.45) is 7.05 Å². The van der Waals surface area contributed by atoms with Gasteiger partial charge in [0.1, 0.15) is 5.69 Å². The predicted octanol–water partition coefficient (Wildman–Crippen LogP) is 2.78. The van der Waals surface area contributed by atoms with Crippen LogP contribution >= 0.6 is 0 Å². The quantitative estimate of drug-likeness (QED) is 0.745. The Bertz CT molecular complexity index is 850. The second-order valence-electron chi connectivity index (χ2n) is 7.27. The third-order valence-electron chi connectivity index (χ3n) is 5.52. The molecule has 1 aromatic heterocycles. The first-order valence-corrected chi connectivity index (χ1v) is 9.82. The third-order valence-corrected chi connectivity index (χ3v) is 5.52. The Morgan fingerprint density at radius 3 is 2.29 bits per heavy atom. The van der Waals surface area contributed by atoms with Crippen molar-refractivity contribution in [3.63, 3.8) is 0 Å². The fraction of sp³-hybridized carbons (Fsp3) is 0.455. The molecule has 2 aromatic rings. The number of aromatic nitrogens is 1. The van der Waals surface area contributed by atoms with Gasteiger partial charge in [0, 0.05) is 45.5 Å². The van der Waals surface area contributed by atoms with E-state index < -0.39 is 0 Å². The lowest BCUT2D eigenvalue weighted by molar-refractivity contribution is 0.0514. The van der Waals surface area contributed by atoms with E-state index in [2.05, 4.69) is 29.2 Å². The molecule has 1 amide bonds. The standard InChI is InChI=1S/C22H29N3O3/c1-5-28-22(27)20-16(2)19(17(3)23(20)4)21(26)25-13-11-24(12-14-25)15-18-9-7-6-8-10-18/h6-10H,5,11-15H2,1-4H3. The highest BCUT2D eigenvalue weighted by atomic mass is 16.5. The molecule has 1 saturated heterocycles. The van der Waals surface area contributed by atoms with Gasteiger partial charge in [-0.1, -0.05) is 30.3 Å². The van der Waals surface area contributed by atoms with Gasteiger partial charge in [-0.3, -0.25) is 9.69 Å². The summed E-state index contributed by atoms with van der Waals surface area (Å²) in [6, 6.07) is 10.4. The molecule has 0 spiro atoms. The van der Waals surface area contributed by atoms with Crippen molar-refractivity contribution >= 4 is 11.9 Å². The maximum absolute atomic E-state index is 13.2. The number of amides is 1. The zero-order valence-corrected chi connectivity index (χ0v) is 17.2. The van der Waals surface area contributed by atoms with Gasteiger partial charge in [0.2, 0.25) is 0 Å². The first-order valence-electron chi connectivity index (χ1n) is 9.82. The van der Waals surface area contributed by atoms with Gasteiger partial charge >= 0.3 is 5.97 Å². The van der Waals surface area contributed by atoms with E-state index in [4.69, 9.17) is 4.74 Å². The molecular weight excluding hydrogens is 354 g/mol. The molecule has 0 N–H and O–H groups in total. The van der Waals surface area contributed by atoms with Gasteiger partial charge in [0.15, 0.2) is 0 Å². The summed E-state index contributed by atoms with van der Waals surface area (Å²) in [5, 5.41) is 0. The maximum atomic E-state index is 13.2. The number of ether oxygens (including phenoxy) is 1. The molecule has 0 unspecified atom stereocenters. The molecule has 6 nitrogen and oxygen atoms in total. The monoisotopic (exact) mass is 383 g/mol. The minimum Gasteiger partial charge on any atom is -0.461 e. The van der Waals surface area contributed by atoms with Gasteiger partial charge in [-0.25, -0.2) is 4.79 Å². The summed E-state index contributed by atoms with van der Waals surface area (Å²) >= 11 is 0. The Labute approximate surface area is 166 Å². The van der Waals surface area contributed by atoms with E-state index in [1.807, 2.05) is 31.9 Å². The lowest BCUT2D eigenvalue weighted by Crippen LogP contribution is -2.48. The van der Waals surface area contributed by atoms with Gasteiger partial charge in [0.05, 0.1) is 12.2 Å². The highest BCUT2D eigenvalue weighted by Crippen LogP contribution is 2.24. The minimum absolute atomic E-state index is 0.000472. The topological polar surface area (TPSA) is 54.8 Å². The fourth-order valence-corrected chi connectivity index (χ4v) is 3.89.